The Balaban J connectivity index is 2.18. The second-order valence-corrected chi connectivity index (χ2v) is 2.87. The quantitative estimate of drug-likeness (QED) is 0.641. The van der Waals surface area contributed by atoms with Gasteiger partial charge in [0.05, 0.1) is 13.0 Å². The number of nitrogens with one attached hydrogen (secondary N) is 2. The molecule has 0 saturated carbocycles. The number of aromatic nitrogens is 1. The van der Waals surface area contributed by atoms with E-state index in [9.17, 15) is 9.59 Å². The minimum atomic E-state index is -0.958. The number of carboxylic acids is 1. The molecule has 0 aromatic carbocycles. The van der Waals surface area contributed by atoms with Crippen molar-refractivity contribution in [2.75, 3.05) is 0 Å². The van der Waals surface area contributed by atoms with Gasteiger partial charge in [-0.15, -0.1) is 0 Å². The maximum Gasteiger partial charge on any atom is 0.303 e. The molecule has 0 atom stereocenters. The van der Waals surface area contributed by atoms with Gasteiger partial charge >= 0.3 is 5.97 Å². The van der Waals surface area contributed by atoms with Gasteiger partial charge in [-0.05, 0) is 12.1 Å². The highest BCUT2D eigenvalue weighted by atomic mass is 16.4. The standard InChI is InChI=1S/C9H12N2O3/c12-8(3-4-9(13)14)11-6-7-2-1-5-10-7/h1-2,5,10H,3-4,6H2,(H,11,12)(H,13,14). The lowest BCUT2D eigenvalue weighted by Gasteiger charge is -2.01. The average molecular weight is 196 g/mol. The molecule has 0 radical (unpaired) electrons. The van der Waals surface area contributed by atoms with Crippen LogP contribution in [0.1, 0.15) is 18.5 Å². The maximum atomic E-state index is 11.1. The van der Waals surface area contributed by atoms with Gasteiger partial charge in [0.15, 0.2) is 0 Å². The van der Waals surface area contributed by atoms with Crippen LogP contribution in [0.3, 0.4) is 0 Å². The molecule has 3 N–H and O–H groups in total. The zero-order valence-corrected chi connectivity index (χ0v) is 7.62. The summed E-state index contributed by atoms with van der Waals surface area (Å²) in [7, 11) is 0. The van der Waals surface area contributed by atoms with E-state index in [0.717, 1.165) is 5.69 Å². The monoisotopic (exact) mass is 196 g/mol. The molecule has 5 heteroatoms. The van der Waals surface area contributed by atoms with E-state index in [1.807, 2.05) is 12.1 Å². The average Bonchev–Trinajstić information content (AvgIpc) is 2.63. The Hall–Kier alpha value is -1.78. The highest BCUT2D eigenvalue weighted by Crippen LogP contribution is 1.94. The van der Waals surface area contributed by atoms with Crippen LogP contribution in [0.25, 0.3) is 0 Å². The third-order valence-corrected chi connectivity index (χ3v) is 1.70. The van der Waals surface area contributed by atoms with Gasteiger partial charge in [-0.3, -0.25) is 9.59 Å². The van der Waals surface area contributed by atoms with Gasteiger partial charge in [-0.25, -0.2) is 0 Å². The predicted molar refractivity (Wildman–Crippen MR) is 49.5 cm³/mol. The van der Waals surface area contributed by atoms with Gasteiger partial charge in [-0.2, -0.15) is 0 Å². The Kier molecular flexibility index (Phi) is 3.72. The van der Waals surface area contributed by atoms with Gasteiger partial charge < -0.3 is 15.4 Å². The highest BCUT2D eigenvalue weighted by molar-refractivity contribution is 5.80. The number of carbonyl (C=O) groups is 2. The van der Waals surface area contributed by atoms with E-state index in [4.69, 9.17) is 5.11 Å². The molecule has 0 aliphatic rings. The molecule has 0 aliphatic heterocycles. The highest BCUT2D eigenvalue weighted by Gasteiger charge is 2.04. The Morgan fingerprint density at radius 1 is 1.43 bits per heavy atom. The van der Waals surface area contributed by atoms with E-state index in [0.29, 0.717) is 6.54 Å². The van der Waals surface area contributed by atoms with Gasteiger partial charge in [0, 0.05) is 18.3 Å². The third kappa shape index (κ3) is 3.75. The van der Waals surface area contributed by atoms with Gasteiger partial charge in [0.25, 0.3) is 0 Å². The molecule has 1 amide bonds. The molecule has 5 nitrogen and oxygen atoms in total. The van der Waals surface area contributed by atoms with Crippen molar-refractivity contribution in [3.8, 4) is 0 Å². The van der Waals surface area contributed by atoms with Crippen molar-refractivity contribution in [2.45, 2.75) is 19.4 Å². The fraction of sp³-hybridized carbons (Fsp3) is 0.333. The number of hydrogen-bond acceptors (Lipinski definition) is 2. The van der Waals surface area contributed by atoms with E-state index in [1.54, 1.807) is 6.20 Å². The summed E-state index contributed by atoms with van der Waals surface area (Å²) < 4.78 is 0. The van der Waals surface area contributed by atoms with Crippen LogP contribution in [0.15, 0.2) is 18.3 Å². The van der Waals surface area contributed by atoms with Crippen LogP contribution in [-0.2, 0) is 16.1 Å². The van der Waals surface area contributed by atoms with Crippen LogP contribution in [0.2, 0.25) is 0 Å². The smallest absolute Gasteiger partial charge is 0.303 e. The molecule has 76 valence electrons. The molecule has 0 saturated heterocycles. The first-order chi connectivity index (χ1) is 6.68. The van der Waals surface area contributed by atoms with Crippen molar-refractivity contribution in [1.29, 1.82) is 0 Å². The number of aliphatic carboxylic acids is 1. The minimum absolute atomic E-state index is 0.0239. The second kappa shape index (κ2) is 5.06. The number of amides is 1. The zero-order valence-electron chi connectivity index (χ0n) is 7.62. The predicted octanol–water partition coefficient (Wildman–Crippen LogP) is 0.496. The molecule has 0 bridgehead atoms. The normalized spacial score (nSPS) is 9.71. The summed E-state index contributed by atoms with van der Waals surface area (Å²) in [6, 6.07) is 3.68. The summed E-state index contributed by atoms with van der Waals surface area (Å²) in [4.78, 5) is 24.1. The molecule has 14 heavy (non-hydrogen) atoms. The summed E-state index contributed by atoms with van der Waals surface area (Å²) in [5.41, 5.74) is 0.897. The minimum Gasteiger partial charge on any atom is -0.481 e. The van der Waals surface area contributed by atoms with Crippen LogP contribution < -0.4 is 5.32 Å². The van der Waals surface area contributed by atoms with Crippen molar-refractivity contribution < 1.29 is 14.7 Å². The number of hydrogen-bond donors (Lipinski definition) is 3. The van der Waals surface area contributed by atoms with Crippen LogP contribution in [0, 0.1) is 0 Å². The number of carboxylic acid groups (broad SMARTS) is 1. The lowest BCUT2D eigenvalue weighted by atomic mass is 10.3. The maximum absolute atomic E-state index is 11.1. The summed E-state index contributed by atoms with van der Waals surface area (Å²) >= 11 is 0. The van der Waals surface area contributed by atoms with Gasteiger partial charge in [0.2, 0.25) is 5.91 Å². The van der Waals surface area contributed by atoms with Crippen LogP contribution in [0.5, 0.6) is 0 Å². The second-order valence-electron chi connectivity index (χ2n) is 2.87. The number of carbonyl (C=O) groups excluding carboxylic acids is 1. The molecular formula is C9H12N2O3. The lowest BCUT2D eigenvalue weighted by Crippen LogP contribution is -2.23. The molecule has 0 fully saturated rings. The van der Waals surface area contributed by atoms with Crippen LogP contribution >= 0.6 is 0 Å². The van der Waals surface area contributed by atoms with E-state index in [2.05, 4.69) is 10.3 Å². The molecule has 1 aromatic heterocycles. The van der Waals surface area contributed by atoms with Crippen LogP contribution in [0.4, 0.5) is 0 Å². The van der Waals surface area contributed by atoms with Gasteiger partial charge in [-0.1, -0.05) is 0 Å². The summed E-state index contributed by atoms with van der Waals surface area (Å²) in [6.45, 7) is 0.408. The van der Waals surface area contributed by atoms with Crippen molar-refractivity contribution in [2.24, 2.45) is 0 Å². The van der Waals surface area contributed by atoms with E-state index in [-0.39, 0.29) is 18.7 Å². The Morgan fingerprint density at radius 2 is 2.21 bits per heavy atom. The SMILES string of the molecule is O=C(O)CCC(=O)NCc1ccc[nH]1. The first-order valence-corrected chi connectivity index (χ1v) is 4.29. The largest absolute Gasteiger partial charge is 0.481 e. The van der Waals surface area contributed by atoms with E-state index in [1.165, 1.54) is 0 Å². The number of H-pyrrole nitrogens is 1. The topological polar surface area (TPSA) is 82.2 Å². The Bertz CT molecular complexity index is 306. The first kappa shape index (κ1) is 10.3. The molecule has 1 rings (SSSR count). The fourth-order valence-electron chi connectivity index (χ4n) is 0.980. The number of aromatic amines is 1. The van der Waals surface area contributed by atoms with Crippen molar-refractivity contribution >= 4 is 11.9 Å². The fourth-order valence-corrected chi connectivity index (χ4v) is 0.980. The van der Waals surface area contributed by atoms with E-state index >= 15 is 0 Å². The Morgan fingerprint density at radius 3 is 2.79 bits per heavy atom. The van der Waals surface area contributed by atoms with Crippen molar-refractivity contribution in [1.82, 2.24) is 10.3 Å². The zero-order chi connectivity index (χ0) is 10.4. The van der Waals surface area contributed by atoms with E-state index < -0.39 is 5.97 Å². The molecule has 0 spiro atoms. The molecule has 0 aliphatic carbocycles. The number of rotatable bonds is 5. The Labute approximate surface area is 81.1 Å². The molecule has 1 aromatic rings. The first-order valence-electron chi connectivity index (χ1n) is 4.29. The molecule has 1 heterocycles. The van der Waals surface area contributed by atoms with Crippen LogP contribution in [-0.4, -0.2) is 22.0 Å². The molecular weight excluding hydrogens is 184 g/mol. The summed E-state index contributed by atoms with van der Waals surface area (Å²) in [5.74, 6) is -1.21. The van der Waals surface area contributed by atoms with Crippen molar-refractivity contribution in [3.63, 3.8) is 0 Å². The summed E-state index contributed by atoms with van der Waals surface area (Å²) in [5, 5.41) is 10.9. The van der Waals surface area contributed by atoms with Crippen molar-refractivity contribution in [3.05, 3.63) is 24.0 Å². The molecule has 0 unspecified atom stereocenters. The lowest BCUT2D eigenvalue weighted by molar-refractivity contribution is -0.138. The summed E-state index contributed by atoms with van der Waals surface area (Å²) in [6.07, 6.45) is 1.66. The third-order valence-electron chi connectivity index (χ3n) is 1.70. The van der Waals surface area contributed by atoms with Gasteiger partial charge in [0.1, 0.15) is 0 Å².